The van der Waals surface area contributed by atoms with Gasteiger partial charge in [-0.15, -0.1) is 0 Å². The number of alkyl carbamates (subject to hydrolysis) is 3. The Hall–Kier alpha value is -5.54. The van der Waals surface area contributed by atoms with Gasteiger partial charge in [0.1, 0.15) is 30.9 Å². The monoisotopic (exact) mass is 774 g/mol. The van der Waals surface area contributed by atoms with Crippen LogP contribution in [0.2, 0.25) is 0 Å². The summed E-state index contributed by atoms with van der Waals surface area (Å²) in [6.07, 6.45) is -4.78. The van der Waals surface area contributed by atoms with E-state index in [9.17, 15) is 37.1 Å². The zero-order valence-corrected chi connectivity index (χ0v) is 31.4. The molecule has 3 aromatic carbocycles. The molecule has 3 aromatic rings. The number of carbonyl (C=O) groups is 5. The second kappa shape index (κ2) is 21.4. The number of alkyl halides is 3. The predicted molar refractivity (Wildman–Crippen MR) is 197 cm³/mol. The van der Waals surface area contributed by atoms with E-state index >= 15 is 0 Å². The lowest BCUT2D eigenvalue weighted by Gasteiger charge is -2.25. The first-order valence-corrected chi connectivity index (χ1v) is 17.9. The largest absolute Gasteiger partial charge is 0.467 e. The number of unbranched alkanes of at least 4 members (excludes halogenated alkanes) is 2. The number of fused-ring (bicyclic) bond motifs is 1. The summed E-state index contributed by atoms with van der Waals surface area (Å²) >= 11 is 0. The maximum atomic E-state index is 13.4. The fourth-order valence-corrected chi connectivity index (χ4v) is 5.23. The van der Waals surface area contributed by atoms with Gasteiger partial charge in [-0.25, -0.2) is 19.2 Å². The van der Waals surface area contributed by atoms with Gasteiger partial charge < -0.3 is 40.2 Å². The van der Waals surface area contributed by atoms with E-state index in [1.54, 1.807) is 20.8 Å². The summed E-state index contributed by atoms with van der Waals surface area (Å²) in [5, 5.41) is 12.5. The Morgan fingerprint density at radius 1 is 0.655 bits per heavy atom. The number of amides is 4. The number of halogens is 3. The van der Waals surface area contributed by atoms with Gasteiger partial charge in [0.25, 0.3) is 0 Å². The van der Waals surface area contributed by atoms with E-state index in [4.69, 9.17) is 18.9 Å². The summed E-state index contributed by atoms with van der Waals surface area (Å²) in [5.41, 5.74) is -0.437. The molecule has 0 aliphatic heterocycles. The van der Waals surface area contributed by atoms with Gasteiger partial charge >= 0.3 is 30.4 Å². The number of methoxy groups -OCH3 is 1. The zero-order chi connectivity index (χ0) is 40.4. The van der Waals surface area contributed by atoms with Crippen molar-refractivity contribution in [2.45, 2.75) is 96.4 Å². The number of rotatable bonds is 18. The Balaban J connectivity index is 1.43. The Morgan fingerprint density at radius 3 is 1.76 bits per heavy atom. The van der Waals surface area contributed by atoms with Crippen molar-refractivity contribution in [2.75, 3.05) is 20.2 Å². The Kier molecular flexibility index (Phi) is 17.0. The molecule has 300 valence electrons. The first-order valence-electron chi connectivity index (χ1n) is 17.9. The molecule has 0 aromatic heterocycles. The topological polar surface area (TPSA) is 170 Å². The number of hydrogen-bond acceptors (Lipinski definition) is 9. The van der Waals surface area contributed by atoms with Gasteiger partial charge in [-0.2, -0.15) is 13.2 Å². The molecule has 0 aliphatic rings. The lowest BCUT2D eigenvalue weighted by Crippen LogP contribution is -2.52. The molecular weight excluding hydrogens is 725 g/mol. The molecule has 2 atom stereocenters. The van der Waals surface area contributed by atoms with Gasteiger partial charge in [-0.1, -0.05) is 48.5 Å². The van der Waals surface area contributed by atoms with Gasteiger partial charge in [-0.05, 0) is 99.4 Å². The fraction of sp³-hybridized carbons (Fsp3) is 0.462. The minimum atomic E-state index is -4.47. The Labute approximate surface area is 318 Å². The first kappa shape index (κ1) is 43.9. The molecule has 0 spiro atoms. The highest BCUT2D eigenvalue weighted by Crippen LogP contribution is 2.29. The van der Waals surface area contributed by atoms with Crippen molar-refractivity contribution in [3.05, 3.63) is 83.4 Å². The third-order valence-electron chi connectivity index (χ3n) is 8.02. The summed E-state index contributed by atoms with van der Waals surface area (Å²) in [4.78, 5) is 62.9. The number of benzene rings is 3. The van der Waals surface area contributed by atoms with Crippen LogP contribution in [0.15, 0.2) is 66.7 Å². The van der Waals surface area contributed by atoms with Crippen LogP contribution in [0.4, 0.5) is 27.6 Å². The van der Waals surface area contributed by atoms with Gasteiger partial charge in [0.15, 0.2) is 0 Å². The van der Waals surface area contributed by atoms with Crippen molar-refractivity contribution in [3.63, 3.8) is 0 Å². The maximum absolute atomic E-state index is 13.4. The lowest BCUT2D eigenvalue weighted by molar-refractivity contribution is -0.145. The molecule has 0 saturated heterocycles. The third kappa shape index (κ3) is 16.6. The van der Waals surface area contributed by atoms with Crippen molar-refractivity contribution in [1.82, 2.24) is 21.3 Å². The summed E-state index contributed by atoms with van der Waals surface area (Å²) in [7, 11) is 1.19. The van der Waals surface area contributed by atoms with Gasteiger partial charge in [0.2, 0.25) is 5.91 Å². The van der Waals surface area contributed by atoms with E-state index in [1.165, 1.54) is 19.2 Å². The molecule has 0 aliphatic carbocycles. The zero-order valence-electron chi connectivity index (χ0n) is 31.4. The van der Waals surface area contributed by atoms with Crippen LogP contribution < -0.4 is 21.3 Å². The van der Waals surface area contributed by atoms with E-state index in [2.05, 4.69) is 21.3 Å². The Morgan fingerprint density at radius 2 is 1.20 bits per heavy atom. The molecule has 0 bridgehead atoms. The second-order valence-electron chi connectivity index (χ2n) is 13.7. The first-order chi connectivity index (χ1) is 26.0. The van der Waals surface area contributed by atoms with Crippen molar-refractivity contribution in [1.29, 1.82) is 0 Å². The van der Waals surface area contributed by atoms with Crippen LogP contribution in [0.1, 0.15) is 76.0 Å². The van der Waals surface area contributed by atoms with Crippen molar-refractivity contribution < 1.29 is 56.1 Å². The highest BCUT2D eigenvalue weighted by molar-refractivity contribution is 5.89. The molecule has 0 fully saturated rings. The minimum Gasteiger partial charge on any atom is -0.467 e. The average molecular weight is 775 g/mol. The highest BCUT2D eigenvalue weighted by atomic mass is 19.4. The second-order valence-corrected chi connectivity index (χ2v) is 13.7. The molecule has 4 amide bonds. The third-order valence-corrected chi connectivity index (χ3v) is 8.02. The van der Waals surface area contributed by atoms with E-state index in [0.717, 1.165) is 28.5 Å². The number of carbonyl (C=O) groups excluding carboxylic acids is 5. The predicted octanol–water partition coefficient (Wildman–Crippen LogP) is 6.90. The number of nitrogens with one attached hydrogen (secondary N) is 4. The van der Waals surface area contributed by atoms with Crippen molar-refractivity contribution in [2.24, 2.45) is 0 Å². The van der Waals surface area contributed by atoms with E-state index in [1.807, 2.05) is 42.5 Å². The Bertz CT molecular complexity index is 1730. The molecule has 0 radical (unpaired) electrons. The van der Waals surface area contributed by atoms with E-state index < -0.39 is 59.6 Å². The van der Waals surface area contributed by atoms with Gasteiger partial charge in [0.05, 0.1) is 12.7 Å². The summed E-state index contributed by atoms with van der Waals surface area (Å²) < 4.78 is 58.8. The summed E-state index contributed by atoms with van der Waals surface area (Å²) in [6, 6.07) is 15.7. The van der Waals surface area contributed by atoms with Crippen LogP contribution in [0.5, 0.6) is 0 Å². The normalized spacial score (nSPS) is 12.5. The van der Waals surface area contributed by atoms with Crippen molar-refractivity contribution >= 4 is 40.9 Å². The highest BCUT2D eigenvalue weighted by Gasteiger charge is 2.30. The van der Waals surface area contributed by atoms with Crippen LogP contribution in [-0.2, 0) is 47.9 Å². The van der Waals surface area contributed by atoms with Gasteiger partial charge in [0, 0.05) is 13.1 Å². The van der Waals surface area contributed by atoms with Crippen LogP contribution in [0.25, 0.3) is 10.8 Å². The average Bonchev–Trinajstić information content (AvgIpc) is 3.13. The summed E-state index contributed by atoms with van der Waals surface area (Å²) in [6.45, 7) is 5.26. The SMILES string of the molecule is COC(=O)[C@H](CCCCNC(=O)OCc1ccc2ccccc2c1)NC(=O)[C@H](CCCCNC(=O)OCc1ccc(C(F)(F)F)cc1)NC(=O)OC(C)(C)C. The smallest absolute Gasteiger partial charge is 0.416 e. The van der Waals surface area contributed by atoms with E-state index in [0.29, 0.717) is 31.2 Å². The van der Waals surface area contributed by atoms with Gasteiger partial charge in [-0.3, -0.25) is 4.79 Å². The van der Waals surface area contributed by atoms with Crippen LogP contribution in [0, 0.1) is 0 Å². The molecule has 3 rings (SSSR count). The molecular formula is C39H49F3N4O9. The van der Waals surface area contributed by atoms with E-state index in [-0.39, 0.29) is 39.1 Å². The van der Waals surface area contributed by atoms with Crippen molar-refractivity contribution in [3.8, 4) is 0 Å². The minimum absolute atomic E-state index is 0.101. The number of hydrogen-bond donors (Lipinski definition) is 4. The summed E-state index contributed by atoms with van der Waals surface area (Å²) in [5.74, 6) is -1.34. The van der Waals surface area contributed by atoms with Crippen LogP contribution in [0.3, 0.4) is 0 Å². The molecule has 13 nitrogen and oxygen atoms in total. The molecule has 55 heavy (non-hydrogen) atoms. The number of esters is 1. The molecule has 0 unspecified atom stereocenters. The molecule has 4 N–H and O–H groups in total. The van der Waals surface area contributed by atoms with Crippen LogP contribution >= 0.6 is 0 Å². The maximum Gasteiger partial charge on any atom is 0.416 e. The fourth-order valence-electron chi connectivity index (χ4n) is 5.23. The molecule has 0 heterocycles. The van der Waals surface area contributed by atoms with Crippen LogP contribution in [-0.4, -0.2) is 68.0 Å². The lowest BCUT2D eigenvalue weighted by atomic mass is 10.1. The molecule has 0 saturated carbocycles. The molecule has 16 heteroatoms. The quantitative estimate of drug-likeness (QED) is 0.0610. The standard InChI is InChI=1S/C39H49F3N4O9/c1-38(2,3)55-37(51)46-31(13-7-9-21-43-35(49)53-24-26-16-19-30(20-17-26)39(40,41)42)33(47)45-32(34(48)52-4)14-8-10-22-44-36(50)54-25-27-15-18-28-11-5-6-12-29(28)23-27/h5-6,11-12,15-20,23,31-32H,7-10,13-14,21-22,24-25H2,1-4H3,(H,43,49)(H,44,50)(H,45,47)(H,46,51)/t31-,32-/m0/s1. The number of ether oxygens (including phenoxy) is 4.